The highest BCUT2D eigenvalue weighted by Gasteiger charge is 2.44. The number of hydrogen-bond acceptors (Lipinski definition) is 6. The van der Waals surface area contributed by atoms with E-state index in [1.165, 1.54) is 36.4 Å². The number of carbonyl (C=O) groups is 2. The van der Waals surface area contributed by atoms with E-state index < -0.39 is 11.0 Å². The van der Waals surface area contributed by atoms with Crippen LogP contribution < -0.4 is 9.64 Å². The summed E-state index contributed by atoms with van der Waals surface area (Å²) in [4.78, 5) is 39.3. The lowest BCUT2D eigenvalue weighted by Gasteiger charge is -2.32. The summed E-state index contributed by atoms with van der Waals surface area (Å²) in [7, 11) is 1.35. The van der Waals surface area contributed by atoms with E-state index in [0.29, 0.717) is 13.1 Å². The number of imide groups is 1. The van der Waals surface area contributed by atoms with Crippen molar-refractivity contribution in [3.8, 4) is 5.75 Å². The number of hydrogen-bond donors (Lipinski definition) is 0. The predicted molar refractivity (Wildman–Crippen MR) is 101 cm³/mol. The van der Waals surface area contributed by atoms with Crippen LogP contribution in [0.4, 0.5) is 11.4 Å². The molecule has 2 heterocycles. The largest absolute Gasteiger partial charge is 0.494 e. The molecule has 2 aliphatic rings. The summed E-state index contributed by atoms with van der Waals surface area (Å²) in [5, 5.41) is 11.0. The van der Waals surface area contributed by atoms with Crippen molar-refractivity contribution in [2.75, 3.05) is 18.6 Å². The Morgan fingerprint density at radius 2 is 1.89 bits per heavy atom. The topological polar surface area (TPSA) is 93.0 Å². The number of amides is 2. The lowest BCUT2D eigenvalue weighted by molar-refractivity contribution is -0.384. The lowest BCUT2D eigenvalue weighted by atomic mass is 9.98. The van der Waals surface area contributed by atoms with Crippen molar-refractivity contribution in [3.63, 3.8) is 0 Å². The number of nitro groups is 1. The molecule has 0 spiro atoms. The summed E-state index contributed by atoms with van der Waals surface area (Å²) in [6, 6.07) is 11.4. The van der Waals surface area contributed by atoms with Crippen LogP contribution >= 0.6 is 0 Å². The zero-order chi connectivity index (χ0) is 19.8. The van der Waals surface area contributed by atoms with E-state index in [1.54, 1.807) is 0 Å². The first-order valence-electron chi connectivity index (χ1n) is 8.99. The van der Waals surface area contributed by atoms with Gasteiger partial charge in [0.2, 0.25) is 5.91 Å². The number of ether oxygens (including phenoxy) is 1. The maximum absolute atomic E-state index is 13.1. The van der Waals surface area contributed by atoms with Gasteiger partial charge in [-0.15, -0.1) is 0 Å². The first-order chi connectivity index (χ1) is 13.5. The van der Waals surface area contributed by atoms with E-state index in [1.807, 2.05) is 23.1 Å². The number of non-ortho nitro benzene ring substituents is 1. The Morgan fingerprint density at radius 1 is 1.14 bits per heavy atom. The van der Waals surface area contributed by atoms with Gasteiger partial charge in [0.15, 0.2) is 0 Å². The Balaban J connectivity index is 1.61. The Kier molecular flexibility index (Phi) is 4.56. The molecule has 1 saturated heterocycles. The molecule has 0 aromatic heterocycles. The fourth-order valence-corrected chi connectivity index (χ4v) is 3.90. The highest BCUT2D eigenvalue weighted by Crippen LogP contribution is 2.36. The van der Waals surface area contributed by atoms with E-state index >= 15 is 0 Å². The van der Waals surface area contributed by atoms with Crippen LogP contribution in [0.1, 0.15) is 17.5 Å². The van der Waals surface area contributed by atoms with Crippen molar-refractivity contribution < 1.29 is 19.2 Å². The molecule has 2 amide bonds. The first-order valence-corrected chi connectivity index (χ1v) is 8.99. The maximum atomic E-state index is 13.1. The average molecular weight is 381 g/mol. The second-order valence-corrected chi connectivity index (χ2v) is 6.89. The van der Waals surface area contributed by atoms with E-state index in [0.717, 1.165) is 11.3 Å². The van der Waals surface area contributed by atoms with Gasteiger partial charge in [-0.3, -0.25) is 24.6 Å². The number of nitrogens with zero attached hydrogens (tertiary/aromatic N) is 3. The van der Waals surface area contributed by atoms with Crippen LogP contribution in [0.3, 0.4) is 0 Å². The van der Waals surface area contributed by atoms with Gasteiger partial charge in [0, 0.05) is 19.2 Å². The SMILES string of the molecule is COc1cc([N+](=O)[O-])ccc1N1C(=O)C[C@H](N2CCc3ccccc3C2)C1=O. The number of benzene rings is 2. The Morgan fingerprint density at radius 3 is 2.61 bits per heavy atom. The van der Waals surface area contributed by atoms with E-state index in [2.05, 4.69) is 6.07 Å². The molecular weight excluding hydrogens is 362 g/mol. The number of anilines is 1. The molecule has 4 rings (SSSR count). The van der Waals surface area contributed by atoms with E-state index in [9.17, 15) is 19.7 Å². The monoisotopic (exact) mass is 381 g/mol. The third-order valence-electron chi connectivity index (χ3n) is 5.34. The standard InChI is InChI=1S/C20H19N3O5/c1-28-18-10-15(23(26)27)6-7-16(18)22-19(24)11-17(20(22)25)21-9-8-13-4-2-3-5-14(13)12-21/h2-7,10,17H,8-9,11-12H2,1H3/t17-/m0/s1. The summed E-state index contributed by atoms with van der Waals surface area (Å²) >= 11 is 0. The second kappa shape index (κ2) is 7.05. The van der Waals surface area contributed by atoms with Crippen molar-refractivity contribution in [3.05, 3.63) is 63.7 Å². The second-order valence-electron chi connectivity index (χ2n) is 6.89. The summed E-state index contributed by atoms with van der Waals surface area (Å²) in [6.07, 6.45) is 0.913. The normalized spacial score (nSPS) is 19.6. The third-order valence-corrected chi connectivity index (χ3v) is 5.34. The van der Waals surface area contributed by atoms with E-state index in [-0.39, 0.29) is 35.4 Å². The van der Waals surface area contributed by atoms with Crippen LogP contribution in [0, 0.1) is 10.1 Å². The average Bonchev–Trinajstić information content (AvgIpc) is 3.01. The Labute approximate surface area is 161 Å². The van der Waals surface area contributed by atoms with Gasteiger partial charge in [0.1, 0.15) is 5.75 Å². The van der Waals surface area contributed by atoms with Crippen molar-refractivity contribution in [1.82, 2.24) is 4.90 Å². The van der Waals surface area contributed by atoms with Gasteiger partial charge in [-0.1, -0.05) is 24.3 Å². The van der Waals surface area contributed by atoms with Crippen molar-refractivity contribution in [2.45, 2.75) is 25.4 Å². The van der Waals surface area contributed by atoms with Gasteiger partial charge in [-0.05, 0) is 23.6 Å². The first kappa shape index (κ1) is 18.1. The zero-order valence-electron chi connectivity index (χ0n) is 15.3. The summed E-state index contributed by atoms with van der Waals surface area (Å²) in [5.41, 5.74) is 2.51. The molecule has 144 valence electrons. The Bertz CT molecular complexity index is 974. The molecule has 0 aliphatic carbocycles. The zero-order valence-corrected chi connectivity index (χ0v) is 15.3. The van der Waals surface area contributed by atoms with Crippen LogP contribution in [0.15, 0.2) is 42.5 Å². The minimum atomic E-state index is -0.548. The lowest BCUT2D eigenvalue weighted by Crippen LogP contribution is -2.44. The molecule has 0 bridgehead atoms. The quantitative estimate of drug-likeness (QED) is 0.458. The van der Waals surface area contributed by atoms with Crippen molar-refractivity contribution in [2.24, 2.45) is 0 Å². The molecule has 1 fully saturated rings. The van der Waals surface area contributed by atoms with Gasteiger partial charge in [0.05, 0.1) is 36.2 Å². The van der Waals surface area contributed by atoms with Crippen molar-refractivity contribution in [1.29, 1.82) is 0 Å². The highest BCUT2D eigenvalue weighted by molar-refractivity contribution is 6.23. The minimum Gasteiger partial charge on any atom is -0.494 e. The predicted octanol–water partition coefficient (Wildman–Crippen LogP) is 2.29. The van der Waals surface area contributed by atoms with Gasteiger partial charge in [-0.2, -0.15) is 0 Å². The molecular formula is C20H19N3O5. The summed E-state index contributed by atoms with van der Waals surface area (Å²) in [6.45, 7) is 1.32. The molecule has 8 nitrogen and oxygen atoms in total. The summed E-state index contributed by atoms with van der Waals surface area (Å²) < 4.78 is 5.21. The molecule has 1 atom stereocenters. The number of fused-ring (bicyclic) bond motifs is 1. The molecule has 0 radical (unpaired) electrons. The van der Waals surface area contributed by atoms with Crippen molar-refractivity contribution >= 4 is 23.2 Å². The van der Waals surface area contributed by atoms with Gasteiger partial charge in [-0.25, -0.2) is 4.90 Å². The smallest absolute Gasteiger partial charge is 0.273 e. The minimum absolute atomic E-state index is 0.0845. The van der Waals surface area contributed by atoms with Gasteiger partial charge in [0.25, 0.3) is 11.6 Å². The number of rotatable bonds is 4. The molecule has 0 unspecified atom stereocenters. The molecule has 8 heteroatoms. The fourth-order valence-electron chi connectivity index (χ4n) is 3.90. The van der Waals surface area contributed by atoms with Crippen LogP contribution in [0.2, 0.25) is 0 Å². The molecule has 0 saturated carbocycles. The van der Waals surface area contributed by atoms with Crippen LogP contribution in [0.25, 0.3) is 0 Å². The number of carbonyl (C=O) groups excluding carboxylic acids is 2. The molecule has 0 N–H and O–H groups in total. The number of nitro benzene ring substituents is 1. The highest BCUT2D eigenvalue weighted by atomic mass is 16.6. The molecule has 28 heavy (non-hydrogen) atoms. The van der Waals surface area contributed by atoms with Gasteiger partial charge < -0.3 is 4.74 Å². The van der Waals surface area contributed by atoms with Crippen LogP contribution in [-0.2, 0) is 22.6 Å². The van der Waals surface area contributed by atoms with Crippen LogP contribution in [-0.4, -0.2) is 41.3 Å². The molecule has 2 aliphatic heterocycles. The molecule has 2 aromatic carbocycles. The maximum Gasteiger partial charge on any atom is 0.273 e. The molecule has 2 aromatic rings. The summed E-state index contributed by atoms with van der Waals surface area (Å²) in [5.74, 6) is -0.530. The number of methoxy groups -OCH3 is 1. The fraction of sp³-hybridized carbons (Fsp3) is 0.300. The Hall–Kier alpha value is -3.26. The van der Waals surface area contributed by atoms with Gasteiger partial charge >= 0.3 is 0 Å². The van der Waals surface area contributed by atoms with E-state index in [4.69, 9.17) is 4.74 Å². The van der Waals surface area contributed by atoms with Crippen LogP contribution in [0.5, 0.6) is 5.75 Å². The third kappa shape index (κ3) is 3.01.